The molecule has 0 bridgehead atoms. The number of hydrogen-bond acceptors (Lipinski definition) is 1. The molecule has 1 aliphatic carbocycles. The van der Waals surface area contributed by atoms with Gasteiger partial charge >= 0.3 is 0 Å². The second-order valence-corrected chi connectivity index (χ2v) is 6.59. The predicted octanol–water partition coefficient (Wildman–Crippen LogP) is 2.73. The third-order valence-corrected chi connectivity index (χ3v) is 4.47. The van der Waals surface area contributed by atoms with Crippen LogP contribution in [0.1, 0.15) is 52.9 Å². The fraction of sp³-hybridized carbons (Fsp3) is 0.923. The SMILES string of the molecule is CC(C)(C)C1CCC2(CC1)CNC(=O)C2. The number of nitrogens with one attached hydrogen (secondary N) is 1. The average molecular weight is 209 g/mol. The monoisotopic (exact) mass is 209 g/mol. The maximum Gasteiger partial charge on any atom is 0.220 e. The molecule has 0 atom stereocenters. The van der Waals surface area contributed by atoms with Gasteiger partial charge in [-0.2, -0.15) is 0 Å². The first-order valence-electron chi connectivity index (χ1n) is 6.18. The molecule has 86 valence electrons. The Morgan fingerprint density at radius 2 is 1.87 bits per heavy atom. The zero-order valence-electron chi connectivity index (χ0n) is 10.2. The highest BCUT2D eigenvalue weighted by molar-refractivity contribution is 5.79. The number of amides is 1. The van der Waals surface area contributed by atoms with Crippen LogP contribution in [0.3, 0.4) is 0 Å². The number of carbonyl (C=O) groups excluding carboxylic acids is 1. The molecule has 1 saturated carbocycles. The summed E-state index contributed by atoms with van der Waals surface area (Å²) in [5, 5.41) is 2.99. The molecule has 1 amide bonds. The van der Waals surface area contributed by atoms with E-state index in [0.29, 0.717) is 10.8 Å². The molecule has 0 radical (unpaired) electrons. The molecule has 1 spiro atoms. The lowest BCUT2D eigenvalue weighted by Gasteiger charge is -2.41. The Kier molecular flexibility index (Phi) is 2.56. The minimum Gasteiger partial charge on any atom is -0.356 e. The summed E-state index contributed by atoms with van der Waals surface area (Å²) in [5.41, 5.74) is 0.774. The number of rotatable bonds is 0. The summed E-state index contributed by atoms with van der Waals surface area (Å²) >= 11 is 0. The summed E-state index contributed by atoms with van der Waals surface area (Å²) in [7, 11) is 0. The minimum atomic E-state index is 0.268. The molecule has 0 aromatic carbocycles. The third kappa shape index (κ3) is 2.19. The van der Waals surface area contributed by atoms with Crippen LogP contribution in [0, 0.1) is 16.7 Å². The van der Waals surface area contributed by atoms with E-state index in [0.717, 1.165) is 18.9 Å². The summed E-state index contributed by atoms with van der Waals surface area (Å²) in [4.78, 5) is 11.3. The van der Waals surface area contributed by atoms with Gasteiger partial charge in [0.15, 0.2) is 0 Å². The van der Waals surface area contributed by atoms with Crippen molar-refractivity contribution in [1.29, 1.82) is 0 Å². The van der Waals surface area contributed by atoms with Gasteiger partial charge in [-0.15, -0.1) is 0 Å². The maximum atomic E-state index is 11.3. The summed E-state index contributed by atoms with van der Waals surface area (Å²) < 4.78 is 0. The van der Waals surface area contributed by atoms with Gasteiger partial charge in [-0.3, -0.25) is 4.79 Å². The van der Waals surface area contributed by atoms with Crippen LogP contribution in [0.15, 0.2) is 0 Å². The van der Waals surface area contributed by atoms with E-state index < -0.39 is 0 Å². The maximum absolute atomic E-state index is 11.3. The molecule has 2 fully saturated rings. The smallest absolute Gasteiger partial charge is 0.220 e. The van der Waals surface area contributed by atoms with Gasteiger partial charge in [-0.25, -0.2) is 0 Å². The highest BCUT2D eigenvalue weighted by atomic mass is 16.1. The highest BCUT2D eigenvalue weighted by Gasteiger charge is 2.43. The van der Waals surface area contributed by atoms with Gasteiger partial charge in [0.1, 0.15) is 0 Å². The second kappa shape index (κ2) is 3.50. The molecule has 0 aromatic rings. The Labute approximate surface area is 92.8 Å². The van der Waals surface area contributed by atoms with Crippen LogP contribution in [-0.2, 0) is 4.79 Å². The van der Waals surface area contributed by atoms with Crippen molar-refractivity contribution in [2.24, 2.45) is 16.7 Å². The van der Waals surface area contributed by atoms with Gasteiger partial charge in [0.05, 0.1) is 0 Å². The Morgan fingerprint density at radius 1 is 1.27 bits per heavy atom. The Balaban J connectivity index is 1.95. The first kappa shape index (κ1) is 11.0. The van der Waals surface area contributed by atoms with E-state index in [9.17, 15) is 4.79 Å². The van der Waals surface area contributed by atoms with Crippen molar-refractivity contribution in [2.75, 3.05) is 6.54 Å². The van der Waals surface area contributed by atoms with Gasteiger partial charge < -0.3 is 5.32 Å². The van der Waals surface area contributed by atoms with E-state index in [1.807, 2.05) is 0 Å². The van der Waals surface area contributed by atoms with Gasteiger partial charge in [-0.1, -0.05) is 20.8 Å². The predicted molar refractivity (Wildman–Crippen MR) is 61.5 cm³/mol. The topological polar surface area (TPSA) is 29.1 Å². The molecule has 1 saturated heterocycles. The van der Waals surface area contributed by atoms with Crippen molar-refractivity contribution in [3.63, 3.8) is 0 Å². The molecule has 2 heteroatoms. The van der Waals surface area contributed by atoms with Gasteiger partial charge in [0, 0.05) is 13.0 Å². The van der Waals surface area contributed by atoms with Crippen molar-refractivity contribution < 1.29 is 4.79 Å². The molecular formula is C13H23NO. The van der Waals surface area contributed by atoms with E-state index in [1.165, 1.54) is 25.7 Å². The fourth-order valence-corrected chi connectivity index (χ4v) is 3.20. The Bertz CT molecular complexity index is 256. The van der Waals surface area contributed by atoms with Crippen LogP contribution in [0.25, 0.3) is 0 Å². The first-order valence-corrected chi connectivity index (χ1v) is 6.18. The minimum absolute atomic E-state index is 0.268. The molecule has 2 nitrogen and oxygen atoms in total. The lowest BCUT2D eigenvalue weighted by atomic mass is 9.64. The third-order valence-electron chi connectivity index (χ3n) is 4.47. The molecular weight excluding hydrogens is 186 g/mol. The summed E-state index contributed by atoms with van der Waals surface area (Å²) in [5.74, 6) is 1.11. The zero-order valence-corrected chi connectivity index (χ0v) is 10.2. The van der Waals surface area contributed by atoms with Crippen molar-refractivity contribution >= 4 is 5.91 Å². The van der Waals surface area contributed by atoms with Crippen LogP contribution >= 0.6 is 0 Å². The van der Waals surface area contributed by atoms with E-state index >= 15 is 0 Å². The van der Waals surface area contributed by atoms with Crippen molar-refractivity contribution in [1.82, 2.24) is 5.32 Å². The fourth-order valence-electron chi connectivity index (χ4n) is 3.20. The normalized spacial score (nSPS) is 37.0. The molecule has 2 aliphatic rings. The van der Waals surface area contributed by atoms with Gasteiger partial charge in [0.2, 0.25) is 5.91 Å². The van der Waals surface area contributed by atoms with Crippen LogP contribution in [-0.4, -0.2) is 12.5 Å². The van der Waals surface area contributed by atoms with E-state index in [2.05, 4.69) is 26.1 Å². The highest BCUT2D eigenvalue weighted by Crippen LogP contribution is 2.47. The molecule has 2 rings (SSSR count). The van der Waals surface area contributed by atoms with Gasteiger partial charge in [0.25, 0.3) is 0 Å². The molecule has 0 unspecified atom stereocenters. The lowest BCUT2D eigenvalue weighted by Crippen LogP contribution is -2.33. The van der Waals surface area contributed by atoms with Crippen molar-refractivity contribution in [3.8, 4) is 0 Å². The molecule has 1 heterocycles. The van der Waals surface area contributed by atoms with Crippen molar-refractivity contribution in [3.05, 3.63) is 0 Å². The molecule has 15 heavy (non-hydrogen) atoms. The molecule has 0 aromatic heterocycles. The Morgan fingerprint density at radius 3 is 2.27 bits per heavy atom. The van der Waals surface area contributed by atoms with E-state index in [-0.39, 0.29) is 5.91 Å². The van der Waals surface area contributed by atoms with Crippen LogP contribution in [0.5, 0.6) is 0 Å². The molecule has 1 N–H and O–H groups in total. The number of hydrogen-bond donors (Lipinski definition) is 1. The lowest BCUT2D eigenvalue weighted by molar-refractivity contribution is -0.119. The standard InChI is InChI=1S/C13H23NO/c1-12(2,3)10-4-6-13(7-5-10)8-11(15)14-9-13/h10H,4-9H2,1-3H3,(H,14,15). The molecule has 1 aliphatic heterocycles. The van der Waals surface area contributed by atoms with Crippen LogP contribution < -0.4 is 5.32 Å². The van der Waals surface area contributed by atoms with Crippen LogP contribution in [0.4, 0.5) is 0 Å². The Hall–Kier alpha value is -0.530. The summed E-state index contributed by atoms with van der Waals surface area (Å²) in [6.07, 6.45) is 5.88. The van der Waals surface area contributed by atoms with Crippen molar-refractivity contribution in [2.45, 2.75) is 52.9 Å². The van der Waals surface area contributed by atoms with E-state index in [1.54, 1.807) is 0 Å². The van der Waals surface area contributed by atoms with E-state index in [4.69, 9.17) is 0 Å². The summed E-state index contributed by atoms with van der Waals surface area (Å²) in [6.45, 7) is 7.96. The summed E-state index contributed by atoms with van der Waals surface area (Å²) in [6, 6.07) is 0. The largest absolute Gasteiger partial charge is 0.356 e. The zero-order chi connectivity index (χ0) is 11.1. The van der Waals surface area contributed by atoms with Gasteiger partial charge in [-0.05, 0) is 42.4 Å². The quantitative estimate of drug-likeness (QED) is 0.653. The first-order chi connectivity index (χ1) is 6.91. The second-order valence-electron chi connectivity index (χ2n) is 6.59. The van der Waals surface area contributed by atoms with Crippen LogP contribution in [0.2, 0.25) is 0 Å². The number of carbonyl (C=O) groups is 1. The average Bonchev–Trinajstić information content (AvgIpc) is 2.47.